The Hall–Kier alpha value is -1.35. The molecule has 1 aliphatic rings. The number of ether oxygens (including phenoxy) is 1. The van der Waals surface area contributed by atoms with E-state index in [0.717, 1.165) is 11.3 Å². The van der Waals surface area contributed by atoms with Crippen molar-refractivity contribution in [2.24, 2.45) is 0 Å². The topological polar surface area (TPSA) is 29.5 Å². The van der Waals surface area contributed by atoms with E-state index >= 15 is 0 Å². The Balaban J connectivity index is 2.31. The lowest BCUT2D eigenvalue weighted by Crippen LogP contribution is -2.42. The highest BCUT2D eigenvalue weighted by atomic mass is 16.5. The number of morpholine rings is 1. The lowest BCUT2D eigenvalue weighted by Gasteiger charge is -2.28. The molecule has 1 aliphatic heterocycles. The van der Waals surface area contributed by atoms with Gasteiger partial charge in [0.25, 0.3) is 5.91 Å². The highest BCUT2D eigenvalue weighted by Gasteiger charge is 2.21. The van der Waals surface area contributed by atoms with Crippen LogP contribution in [0, 0.1) is 13.8 Å². The number of rotatable bonds is 1. The van der Waals surface area contributed by atoms with Crippen molar-refractivity contribution in [3.8, 4) is 0 Å². The van der Waals surface area contributed by atoms with Gasteiger partial charge in [0, 0.05) is 12.2 Å². The fourth-order valence-corrected chi connectivity index (χ4v) is 1.88. The summed E-state index contributed by atoms with van der Waals surface area (Å²) in [4.78, 5) is 13.4. The highest BCUT2D eigenvalue weighted by Crippen LogP contribution is 2.22. The molecule has 0 spiro atoms. The summed E-state index contributed by atoms with van der Waals surface area (Å²) in [6.07, 6.45) is 0. The second kappa shape index (κ2) is 4.03. The molecule has 0 aromatic heterocycles. The summed E-state index contributed by atoms with van der Waals surface area (Å²) in [7, 11) is 0. The molecule has 0 saturated carbocycles. The van der Waals surface area contributed by atoms with Gasteiger partial charge < -0.3 is 9.64 Å². The smallest absolute Gasteiger partial charge is 0.253 e. The zero-order valence-corrected chi connectivity index (χ0v) is 9.12. The van der Waals surface area contributed by atoms with E-state index < -0.39 is 0 Å². The van der Waals surface area contributed by atoms with Gasteiger partial charge in [-0.3, -0.25) is 4.79 Å². The number of hydrogen-bond acceptors (Lipinski definition) is 2. The van der Waals surface area contributed by atoms with Crippen molar-refractivity contribution in [2.75, 3.05) is 24.7 Å². The molecule has 0 unspecified atom stereocenters. The van der Waals surface area contributed by atoms with Crippen LogP contribution in [0.2, 0.25) is 0 Å². The van der Waals surface area contributed by atoms with E-state index in [4.69, 9.17) is 4.74 Å². The van der Waals surface area contributed by atoms with Crippen LogP contribution in [-0.4, -0.2) is 25.7 Å². The van der Waals surface area contributed by atoms with E-state index in [1.54, 1.807) is 4.90 Å². The molecule has 1 heterocycles. The number of aryl methyl sites for hydroxylation is 2. The number of carbonyl (C=O) groups is 1. The van der Waals surface area contributed by atoms with Crippen LogP contribution < -0.4 is 4.90 Å². The van der Waals surface area contributed by atoms with Crippen molar-refractivity contribution >= 4 is 11.6 Å². The van der Waals surface area contributed by atoms with Gasteiger partial charge in [-0.05, 0) is 25.5 Å². The predicted octanol–water partition coefficient (Wildman–Crippen LogP) is 1.67. The van der Waals surface area contributed by atoms with Crippen molar-refractivity contribution in [3.63, 3.8) is 0 Å². The van der Waals surface area contributed by atoms with E-state index in [1.807, 2.05) is 19.1 Å². The first-order valence-electron chi connectivity index (χ1n) is 5.14. The van der Waals surface area contributed by atoms with E-state index in [9.17, 15) is 4.79 Å². The molecule has 1 aromatic rings. The zero-order valence-electron chi connectivity index (χ0n) is 9.12. The minimum atomic E-state index is 0.0493. The van der Waals surface area contributed by atoms with Crippen LogP contribution in [0.4, 0.5) is 5.69 Å². The third-order valence-corrected chi connectivity index (χ3v) is 2.63. The summed E-state index contributed by atoms with van der Waals surface area (Å²) < 4.78 is 5.11. The molecule has 0 aliphatic carbocycles. The van der Waals surface area contributed by atoms with Gasteiger partial charge in [0.05, 0.1) is 6.61 Å². The Morgan fingerprint density at radius 2 is 2.13 bits per heavy atom. The summed E-state index contributed by atoms with van der Waals surface area (Å²) in [5.41, 5.74) is 3.37. The molecule has 0 radical (unpaired) electrons. The number of carbonyl (C=O) groups excluding carboxylic acids is 1. The predicted molar refractivity (Wildman–Crippen MR) is 59.1 cm³/mol. The van der Waals surface area contributed by atoms with Crippen molar-refractivity contribution in [3.05, 3.63) is 29.3 Å². The van der Waals surface area contributed by atoms with Crippen LogP contribution in [0.5, 0.6) is 0 Å². The molecule has 3 heteroatoms. The van der Waals surface area contributed by atoms with Crippen LogP contribution in [0.15, 0.2) is 18.2 Å². The molecule has 1 fully saturated rings. The molecular weight excluding hydrogens is 190 g/mol. The summed E-state index contributed by atoms with van der Waals surface area (Å²) in [5, 5.41) is 0. The number of hydrogen-bond donors (Lipinski definition) is 0. The largest absolute Gasteiger partial charge is 0.370 e. The monoisotopic (exact) mass is 205 g/mol. The molecule has 15 heavy (non-hydrogen) atoms. The molecule has 0 atom stereocenters. The van der Waals surface area contributed by atoms with Crippen molar-refractivity contribution < 1.29 is 9.53 Å². The maximum absolute atomic E-state index is 11.6. The summed E-state index contributed by atoms with van der Waals surface area (Å²) in [6, 6.07) is 6.14. The molecule has 1 saturated heterocycles. The molecule has 3 nitrogen and oxygen atoms in total. The van der Waals surface area contributed by atoms with Crippen LogP contribution in [0.25, 0.3) is 0 Å². The van der Waals surface area contributed by atoms with Gasteiger partial charge in [0.1, 0.15) is 6.61 Å². The first-order chi connectivity index (χ1) is 7.18. The zero-order chi connectivity index (χ0) is 10.8. The standard InChI is InChI=1S/C12H15NO2/c1-9-3-4-11(10(2)7-9)13-5-6-15-8-12(13)14/h3-4,7H,5-6,8H2,1-2H3. The Morgan fingerprint density at radius 3 is 2.80 bits per heavy atom. The number of benzene rings is 1. The Labute approximate surface area is 89.7 Å². The van der Waals surface area contributed by atoms with Crippen molar-refractivity contribution in [2.45, 2.75) is 13.8 Å². The van der Waals surface area contributed by atoms with Crippen LogP contribution in [0.1, 0.15) is 11.1 Å². The number of amides is 1. The molecule has 1 amide bonds. The fraction of sp³-hybridized carbons (Fsp3) is 0.417. The molecule has 1 aromatic carbocycles. The van der Waals surface area contributed by atoms with E-state index in [0.29, 0.717) is 13.2 Å². The van der Waals surface area contributed by atoms with Gasteiger partial charge >= 0.3 is 0 Å². The maximum atomic E-state index is 11.6. The summed E-state index contributed by atoms with van der Waals surface area (Å²) >= 11 is 0. The van der Waals surface area contributed by atoms with Crippen LogP contribution >= 0.6 is 0 Å². The SMILES string of the molecule is Cc1ccc(N2CCOCC2=O)c(C)c1. The number of anilines is 1. The Morgan fingerprint density at radius 1 is 1.33 bits per heavy atom. The molecular formula is C12H15NO2. The average molecular weight is 205 g/mol. The molecule has 0 N–H and O–H groups in total. The third-order valence-electron chi connectivity index (χ3n) is 2.63. The lowest BCUT2D eigenvalue weighted by molar-refractivity contribution is -0.125. The number of nitrogens with zero attached hydrogens (tertiary/aromatic N) is 1. The second-order valence-electron chi connectivity index (χ2n) is 3.89. The van der Waals surface area contributed by atoms with Gasteiger partial charge in [-0.1, -0.05) is 17.7 Å². The van der Waals surface area contributed by atoms with Gasteiger partial charge in [-0.2, -0.15) is 0 Å². The Bertz CT molecular complexity index is 387. The Kier molecular flexibility index (Phi) is 2.73. The van der Waals surface area contributed by atoms with Crippen LogP contribution in [-0.2, 0) is 9.53 Å². The van der Waals surface area contributed by atoms with Crippen molar-refractivity contribution in [1.29, 1.82) is 0 Å². The molecule has 2 rings (SSSR count). The van der Waals surface area contributed by atoms with Gasteiger partial charge in [-0.15, -0.1) is 0 Å². The minimum Gasteiger partial charge on any atom is -0.370 e. The van der Waals surface area contributed by atoms with E-state index in [1.165, 1.54) is 5.56 Å². The molecule has 80 valence electrons. The van der Waals surface area contributed by atoms with E-state index in [-0.39, 0.29) is 12.5 Å². The fourth-order valence-electron chi connectivity index (χ4n) is 1.88. The third kappa shape index (κ3) is 2.02. The van der Waals surface area contributed by atoms with Crippen LogP contribution in [0.3, 0.4) is 0 Å². The normalized spacial score (nSPS) is 16.9. The lowest BCUT2D eigenvalue weighted by atomic mass is 10.1. The quantitative estimate of drug-likeness (QED) is 0.698. The molecule has 0 bridgehead atoms. The first kappa shape index (κ1) is 10.2. The van der Waals surface area contributed by atoms with Gasteiger partial charge in [0.15, 0.2) is 0 Å². The van der Waals surface area contributed by atoms with Crippen molar-refractivity contribution in [1.82, 2.24) is 0 Å². The summed E-state index contributed by atoms with van der Waals surface area (Å²) in [6.45, 7) is 5.57. The van der Waals surface area contributed by atoms with Gasteiger partial charge in [-0.25, -0.2) is 0 Å². The second-order valence-corrected chi connectivity index (χ2v) is 3.89. The van der Waals surface area contributed by atoms with E-state index in [2.05, 4.69) is 13.0 Å². The minimum absolute atomic E-state index is 0.0493. The van der Waals surface area contributed by atoms with Gasteiger partial charge in [0.2, 0.25) is 0 Å². The maximum Gasteiger partial charge on any atom is 0.253 e. The highest BCUT2D eigenvalue weighted by molar-refractivity contribution is 5.95. The summed E-state index contributed by atoms with van der Waals surface area (Å²) in [5.74, 6) is 0.0493. The average Bonchev–Trinajstić information content (AvgIpc) is 2.20. The first-order valence-corrected chi connectivity index (χ1v) is 5.14.